The topological polar surface area (TPSA) is 114 Å². The van der Waals surface area contributed by atoms with Crippen molar-refractivity contribution >= 4 is 15.7 Å². The Bertz CT molecular complexity index is 1040. The molecule has 10 heteroatoms. The number of nitrogens with one attached hydrogen (secondary N) is 2. The molecular formula is C21H28N4O5S. The maximum Gasteiger partial charge on any atom is 0.269 e. The molecule has 1 atom stereocenters. The molecule has 0 bridgehead atoms. The molecule has 2 aromatic rings. The molecule has 0 aliphatic carbocycles. The van der Waals surface area contributed by atoms with E-state index in [0.717, 1.165) is 31.5 Å². The molecule has 9 nitrogen and oxygen atoms in total. The van der Waals surface area contributed by atoms with Crippen molar-refractivity contribution in [2.75, 3.05) is 38.8 Å². The van der Waals surface area contributed by atoms with E-state index in [2.05, 4.69) is 20.4 Å². The minimum absolute atomic E-state index is 0.0554. The second kappa shape index (κ2) is 8.88. The van der Waals surface area contributed by atoms with Crippen LogP contribution in [0.2, 0.25) is 0 Å². The fraction of sp³-hybridized carbons (Fsp3) is 0.524. The maximum atomic E-state index is 12.7. The minimum Gasteiger partial charge on any atom is -0.497 e. The quantitative estimate of drug-likeness (QED) is 0.688. The van der Waals surface area contributed by atoms with Crippen LogP contribution < -0.4 is 14.8 Å². The van der Waals surface area contributed by atoms with Crippen molar-refractivity contribution in [2.45, 2.75) is 31.3 Å². The Hall–Kier alpha value is -2.59. The largest absolute Gasteiger partial charge is 0.497 e. The number of aromatic nitrogens is 2. The monoisotopic (exact) mass is 448 g/mol. The molecule has 2 N–H and O–H groups in total. The zero-order valence-electron chi connectivity index (χ0n) is 17.8. The lowest BCUT2D eigenvalue weighted by atomic mass is 10.0. The molecular weight excluding hydrogens is 420 g/mol. The number of hydrogen-bond donors (Lipinski definition) is 2. The van der Waals surface area contributed by atoms with Crippen LogP contribution in [0.3, 0.4) is 0 Å². The molecule has 4 rings (SSSR count). The molecule has 3 heterocycles. The van der Waals surface area contributed by atoms with Crippen molar-refractivity contribution in [1.29, 1.82) is 0 Å². The number of methoxy groups -OCH3 is 2. The Morgan fingerprint density at radius 2 is 1.94 bits per heavy atom. The van der Waals surface area contributed by atoms with E-state index in [9.17, 15) is 13.2 Å². The second-order valence-electron chi connectivity index (χ2n) is 8.07. The molecule has 0 saturated carbocycles. The fourth-order valence-corrected chi connectivity index (χ4v) is 6.09. The van der Waals surface area contributed by atoms with E-state index >= 15 is 0 Å². The van der Waals surface area contributed by atoms with Gasteiger partial charge in [-0.25, -0.2) is 8.42 Å². The summed E-state index contributed by atoms with van der Waals surface area (Å²) in [6.07, 6.45) is 2.31. The summed E-state index contributed by atoms with van der Waals surface area (Å²) >= 11 is 0. The lowest BCUT2D eigenvalue weighted by Crippen LogP contribution is -2.48. The van der Waals surface area contributed by atoms with Crippen molar-refractivity contribution in [2.24, 2.45) is 0 Å². The van der Waals surface area contributed by atoms with E-state index in [1.165, 1.54) is 0 Å². The van der Waals surface area contributed by atoms with Gasteiger partial charge in [-0.2, -0.15) is 5.10 Å². The van der Waals surface area contributed by atoms with Gasteiger partial charge in [0.25, 0.3) is 5.91 Å². The summed E-state index contributed by atoms with van der Waals surface area (Å²) in [5.74, 6) is 1.65. The van der Waals surface area contributed by atoms with E-state index in [-0.39, 0.29) is 29.5 Å². The van der Waals surface area contributed by atoms with Gasteiger partial charge in [-0.3, -0.25) is 14.8 Å². The molecule has 168 valence electrons. The van der Waals surface area contributed by atoms with Crippen molar-refractivity contribution in [3.63, 3.8) is 0 Å². The van der Waals surface area contributed by atoms with Gasteiger partial charge in [-0.1, -0.05) is 0 Å². The first kappa shape index (κ1) is 21.6. The zero-order chi connectivity index (χ0) is 22.0. The van der Waals surface area contributed by atoms with E-state index in [1.54, 1.807) is 32.4 Å². The molecule has 2 fully saturated rings. The van der Waals surface area contributed by atoms with Gasteiger partial charge in [-0.15, -0.1) is 0 Å². The third-order valence-corrected chi connectivity index (χ3v) is 7.85. The Balaban J connectivity index is 1.36. The number of benzene rings is 1. The average Bonchev–Trinajstić information content (AvgIpc) is 3.40. The summed E-state index contributed by atoms with van der Waals surface area (Å²) in [5.41, 5.74) is 1.71. The second-order valence-corrected chi connectivity index (χ2v) is 10.3. The van der Waals surface area contributed by atoms with Crippen LogP contribution in [0.5, 0.6) is 11.5 Å². The predicted octanol–water partition coefficient (Wildman–Crippen LogP) is 1.48. The summed E-state index contributed by atoms with van der Waals surface area (Å²) in [5, 5.41) is 10.2. The smallest absolute Gasteiger partial charge is 0.269 e. The summed E-state index contributed by atoms with van der Waals surface area (Å²) in [7, 11) is 0.289. The van der Waals surface area contributed by atoms with Crippen LogP contribution in [0.1, 0.15) is 29.8 Å². The van der Waals surface area contributed by atoms with E-state index in [4.69, 9.17) is 9.47 Å². The fourth-order valence-electron chi connectivity index (χ4n) is 4.33. The number of nitrogens with zero attached hydrogens (tertiary/aromatic N) is 2. The number of H-pyrrole nitrogens is 1. The highest BCUT2D eigenvalue weighted by atomic mass is 32.2. The van der Waals surface area contributed by atoms with E-state index in [0.29, 0.717) is 29.3 Å². The first-order valence-corrected chi connectivity index (χ1v) is 12.2. The highest BCUT2D eigenvalue weighted by Crippen LogP contribution is 2.32. The van der Waals surface area contributed by atoms with Crippen LogP contribution in [0.4, 0.5) is 0 Å². The minimum atomic E-state index is -2.88. The Morgan fingerprint density at radius 1 is 1.16 bits per heavy atom. The van der Waals surface area contributed by atoms with Crippen LogP contribution >= 0.6 is 0 Å². The predicted molar refractivity (Wildman–Crippen MR) is 116 cm³/mol. The Labute approximate surface area is 182 Å². The lowest BCUT2D eigenvalue weighted by molar-refractivity contribution is 0.0893. The van der Waals surface area contributed by atoms with Crippen LogP contribution in [0, 0.1) is 0 Å². The number of sulfone groups is 1. The number of carbonyl (C=O) groups is 1. The number of aromatic amines is 1. The van der Waals surface area contributed by atoms with Gasteiger partial charge in [0.1, 0.15) is 17.2 Å². The van der Waals surface area contributed by atoms with Gasteiger partial charge in [0.15, 0.2) is 9.84 Å². The molecule has 0 spiro atoms. The molecule has 0 radical (unpaired) electrons. The summed E-state index contributed by atoms with van der Waals surface area (Å²) < 4.78 is 34.1. The SMILES string of the molecule is COc1ccc(OC)c(-c2cc(C(=O)NC3CCN(C4CCS(=O)(=O)C4)CC3)[nH]n2)c1. The lowest BCUT2D eigenvalue weighted by Gasteiger charge is -2.35. The molecule has 1 aromatic heterocycles. The van der Waals surface area contributed by atoms with Crippen molar-refractivity contribution < 1.29 is 22.7 Å². The third-order valence-electron chi connectivity index (χ3n) is 6.09. The van der Waals surface area contributed by atoms with E-state index < -0.39 is 9.84 Å². The molecule has 1 aromatic carbocycles. The van der Waals surface area contributed by atoms with Gasteiger partial charge < -0.3 is 14.8 Å². The Morgan fingerprint density at radius 3 is 2.58 bits per heavy atom. The van der Waals surface area contributed by atoms with Gasteiger partial charge in [0, 0.05) is 30.7 Å². The maximum absolute atomic E-state index is 12.7. The van der Waals surface area contributed by atoms with Crippen LogP contribution in [-0.2, 0) is 9.84 Å². The normalized spacial score (nSPS) is 21.7. The molecule has 31 heavy (non-hydrogen) atoms. The van der Waals surface area contributed by atoms with Gasteiger partial charge >= 0.3 is 0 Å². The summed E-state index contributed by atoms with van der Waals surface area (Å²) in [4.78, 5) is 15.0. The highest BCUT2D eigenvalue weighted by molar-refractivity contribution is 7.91. The van der Waals surface area contributed by atoms with Crippen molar-refractivity contribution in [3.8, 4) is 22.8 Å². The van der Waals surface area contributed by atoms with Crippen molar-refractivity contribution in [3.05, 3.63) is 30.0 Å². The zero-order valence-corrected chi connectivity index (χ0v) is 18.6. The van der Waals surface area contributed by atoms with Crippen LogP contribution in [0.25, 0.3) is 11.3 Å². The molecule has 2 aliphatic heterocycles. The van der Waals surface area contributed by atoms with E-state index in [1.807, 2.05) is 6.07 Å². The number of ether oxygens (including phenoxy) is 2. The number of carbonyl (C=O) groups excluding carboxylic acids is 1. The van der Waals surface area contributed by atoms with Crippen LogP contribution in [0.15, 0.2) is 24.3 Å². The number of amides is 1. The molecule has 2 aliphatic rings. The Kier molecular flexibility index (Phi) is 6.19. The van der Waals surface area contributed by atoms with Crippen LogP contribution in [-0.4, -0.2) is 80.3 Å². The first-order chi connectivity index (χ1) is 14.9. The highest BCUT2D eigenvalue weighted by Gasteiger charge is 2.34. The first-order valence-electron chi connectivity index (χ1n) is 10.4. The summed E-state index contributed by atoms with van der Waals surface area (Å²) in [6, 6.07) is 7.29. The number of likely N-dealkylation sites (tertiary alicyclic amines) is 1. The number of piperidine rings is 1. The van der Waals surface area contributed by atoms with Gasteiger partial charge in [0.05, 0.1) is 31.4 Å². The summed E-state index contributed by atoms with van der Waals surface area (Å²) in [6.45, 7) is 1.58. The van der Waals surface area contributed by atoms with Gasteiger partial charge in [-0.05, 0) is 43.5 Å². The number of rotatable bonds is 6. The standard InChI is InChI=1S/C21H28N4O5S/c1-29-16-3-4-20(30-2)17(11-16)18-12-19(24-23-18)21(26)22-14-5-8-25(9-6-14)15-7-10-31(27,28)13-15/h3-4,11-12,14-15H,5-10,13H2,1-2H3,(H,22,26)(H,23,24). The third kappa shape index (κ3) is 4.85. The average molecular weight is 449 g/mol. The molecule has 1 unspecified atom stereocenters. The molecule has 2 saturated heterocycles. The number of hydrogen-bond acceptors (Lipinski definition) is 7. The van der Waals surface area contributed by atoms with Crippen molar-refractivity contribution in [1.82, 2.24) is 20.4 Å². The van der Waals surface area contributed by atoms with Gasteiger partial charge in [0.2, 0.25) is 0 Å². The molecule has 1 amide bonds.